The molecule has 1 unspecified atom stereocenters. The summed E-state index contributed by atoms with van der Waals surface area (Å²) < 4.78 is 28.5. The number of aryl methyl sites for hydroxylation is 1. The average molecular weight is 542 g/mol. The molecule has 0 bridgehead atoms. The molecule has 9 heteroatoms. The van der Waals surface area contributed by atoms with Crippen LogP contribution in [0.15, 0.2) is 83.8 Å². The van der Waals surface area contributed by atoms with E-state index >= 15 is 0 Å². The minimum Gasteiger partial charge on any atom is -0.352 e. The van der Waals surface area contributed by atoms with Crippen molar-refractivity contribution in [1.29, 1.82) is 0 Å². The summed E-state index contributed by atoms with van der Waals surface area (Å²) in [5.74, 6) is -0.846. The third-order valence-electron chi connectivity index (χ3n) is 5.85. The van der Waals surface area contributed by atoms with E-state index in [1.54, 1.807) is 37.3 Å². The van der Waals surface area contributed by atoms with Crippen LogP contribution < -0.4 is 9.62 Å². The summed E-state index contributed by atoms with van der Waals surface area (Å²) in [4.78, 5) is 28.1. The summed E-state index contributed by atoms with van der Waals surface area (Å²) in [7, 11) is -4.12. The SMILES string of the molecule is Cc1ccc(N(CC(=O)N(Cc2ccccc2)C(C)C(=O)NC(C)C)S(=O)(=O)c2ccccc2)cc1Cl. The van der Waals surface area contributed by atoms with Gasteiger partial charge in [-0.2, -0.15) is 0 Å². The molecule has 0 saturated carbocycles. The van der Waals surface area contributed by atoms with Gasteiger partial charge in [0.2, 0.25) is 11.8 Å². The van der Waals surface area contributed by atoms with Gasteiger partial charge in [0.1, 0.15) is 12.6 Å². The van der Waals surface area contributed by atoms with Crippen LogP contribution in [0.3, 0.4) is 0 Å². The normalized spacial score (nSPS) is 12.2. The number of benzene rings is 3. The van der Waals surface area contributed by atoms with Gasteiger partial charge >= 0.3 is 0 Å². The Morgan fingerprint density at radius 1 is 0.919 bits per heavy atom. The number of rotatable bonds is 10. The van der Waals surface area contributed by atoms with Crippen molar-refractivity contribution >= 4 is 39.1 Å². The Balaban J connectivity index is 2.03. The Bertz CT molecular complexity index is 1330. The molecular weight excluding hydrogens is 510 g/mol. The number of carbonyl (C=O) groups is 2. The Morgan fingerprint density at radius 3 is 2.08 bits per heavy atom. The molecule has 0 saturated heterocycles. The molecule has 1 atom stereocenters. The highest BCUT2D eigenvalue weighted by molar-refractivity contribution is 7.92. The van der Waals surface area contributed by atoms with Crippen LogP contribution in [0.1, 0.15) is 31.9 Å². The van der Waals surface area contributed by atoms with Gasteiger partial charge in [-0.15, -0.1) is 0 Å². The summed E-state index contributed by atoms with van der Waals surface area (Å²) in [6, 6.07) is 21.1. The minimum absolute atomic E-state index is 0.0414. The van der Waals surface area contributed by atoms with E-state index < -0.39 is 28.5 Å². The van der Waals surface area contributed by atoms with Gasteiger partial charge in [-0.05, 0) is 63.1 Å². The Labute approximate surface area is 224 Å². The van der Waals surface area contributed by atoms with E-state index in [0.29, 0.717) is 5.02 Å². The first-order valence-electron chi connectivity index (χ1n) is 12.0. The molecule has 1 N–H and O–H groups in total. The first-order valence-corrected chi connectivity index (χ1v) is 13.8. The fourth-order valence-electron chi connectivity index (χ4n) is 3.75. The van der Waals surface area contributed by atoms with Crippen molar-refractivity contribution in [3.05, 3.63) is 95.0 Å². The van der Waals surface area contributed by atoms with E-state index in [4.69, 9.17) is 11.6 Å². The maximum absolute atomic E-state index is 13.8. The predicted octanol–water partition coefficient (Wildman–Crippen LogP) is 4.79. The molecule has 37 heavy (non-hydrogen) atoms. The van der Waals surface area contributed by atoms with Crippen molar-refractivity contribution < 1.29 is 18.0 Å². The van der Waals surface area contributed by atoms with Crippen molar-refractivity contribution in [2.24, 2.45) is 0 Å². The molecule has 3 rings (SSSR count). The molecule has 0 aliphatic carbocycles. The molecule has 0 aliphatic heterocycles. The average Bonchev–Trinajstić information content (AvgIpc) is 2.87. The summed E-state index contributed by atoms with van der Waals surface area (Å²) in [5.41, 5.74) is 1.85. The lowest BCUT2D eigenvalue weighted by molar-refractivity contribution is -0.139. The molecule has 0 aromatic heterocycles. The highest BCUT2D eigenvalue weighted by atomic mass is 35.5. The summed E-state index contributed by atoms with van der Waals surface area (Å²) in [6.45, 7) is 6.75. The number of amides is 2. The molecule has 0 heterocycles. The Hall–Kier alpha value is -3.36. The fraction of sp³-hybridized carbons (Fsp3) is 0.286. The van der Waals surface area contributed by atoms with Gasteiger partial charge < -0.3 is 10.2 Å². The van der Waals surface area contributed by atoms with Crippen molar-refractivity contribution in [2.45, 2.75) is 51.2 Å². The van der Waals surface area contributed by atoms with Crippen LogP contribution in [-0.2, 0) is 26.2 Å². The third kappa shape index (κ3) is 7.11. The molecule has 2 amide bonds. The number of sulfonamides is 1. The van der Waals surface area contributed by atoms with Gasteiger partial charge in [-0.1, -0.05) is 66.2 Å². The van der Waals surface area contributed by atoms with Crippen molar-refractivity contribution in [2.75, 3.05) is 10.8 Å². The fourth-order valence-corrected chi connectivity index (χ4v) is 5.36. The Morgan fingerprint density at radius 2 is 1.51 bits per heavy atom. The third-order valence-corrected chi connectivity index (χ3v) is 8.04. The second kappa shape index (κ2) is 12.3. The number of nitrogens with zero attached hydrogens (tertiary/aromatic N) is 2. The predicted molar refractivity (Wildman–Crippen MR) is 147 cm³/mol. The van der Waals surface area contributed by atoms with Crippen LogP contribution in [0, 0.1) is 6.92 Å². The second-order valence-corrected chi connectivity index (χ2v) is 11.4. The molecule has 3 aromatic carbocycles. The van der Waals surface area contributed by atoms with Gasteiger partial charge in [0.25, 0.3) is 10.0 Å². The molecule has 3 aromatic rings. The van der Waals surface area contributed by atoms with Crippen LogP contribution >= 0.6 is 11.6 Å². The summed E-state index contributed by atoms with van der Waals surface area (Å²) in [5, 5.41) is 3.22. The van der Waals surface area contributed by atoms with E-state index in [0.717, 1.165) is 15.4 Å². The van der Waals surface area contributed by atoms with Gasteiger partial charge in [0, 0.05) is 17.6 Å². The number of halogens is 1. The first kappa shape index (κ1) is 28.2. The van der Waals surface area contributed by atoms with Crippen LogP contribution in [0.25, 0.3) is 0 Å². The first-order chi connectivity index (χ1) is 17.5. The highest BCUT2D eigenvalue weighted by Crippen LogP contribution is 2.28. The quantitative estimate of drug-likeness (QED) is 0.400. The molecule has 7 nitrogen and oxygen atoms in total. The monoisotopic (exact) mass is 541 g/mol. The number of anilines is 1. The van der Waals surface area contributed by atoms with Gasteiger partial charge in [-0.3, -0.25) is 13.9 Å². The standard InChI is InChI=1S/C28H32ClN3O4S/c1-20(2)30-28(34)22(4)31(18-23-11-7-5-8-12-23)27(33)19-32(24-16-15-21(3)26(29)17-24)37(35,36)25-13-9-6-10-14-25/h5-17,20,22H,18-19H2,1-4H3,(H,30,34). The summed E-state index contributed by atoms with van der Waals surface area (Å²) >= 11 is 6.33. The van der Waals surface area contributed by atoms with Crippen LogP contribution in [0.2, 0.25) is 5.02 Å². The number of hydrogen-bond acceptors (Lipinski definition) is 4. The van der Waals surface area contributed by atoms with Crippen LogP contribution in [0.4, 0.5) is 5.69 Å². The molecule has 0 radical (unpaired) electrons. The van der Waals surface area contributed by atoms with Crippen molar-refractivity contribution in [3.8, 4) is 0 Å². The molecular formula is C28H32ClN3O4S. The molecule has 0 spiro atoms. The molecule has 196 valence electrons. The van der Waals surface area contributed by atoms with Gasteiger partial charge in [0.15, 0.2) is 0 Å². The minimum atomic E-state index is -4.12. The van der Waals surface area contributed by atoms with E-state index in [9.17, 15) is 18.0 Å². The van der Waals surface area contributed by atoms with E-state index in [1.165, 1.54) is 23.1 Å². The van der Waals surface area contributed by atoms with Crippen LogP contribution in [0.5, 0.6) is 0 Å². The van der Waals surface area contributed by atoms with Crippen LogP contribution in [-0.4, -0.2) is 43.8 Å². The molecule has 0 fully saturated rings. The van der Waals surface area contributed by atoms with E-state index in [2.05, 4.69) is 5.32 Å². The number of hydrogen-bond donors (Lipinski definition) is 1. The Kier molecular flexibility index (Phi) is 9.34. The highest BCUT2D eigenvalue weighted by Gasteiger charge is 2.32. The second-order valence-electron chi connectivity index (χ2n) is 9.10. The zero-order valence-corrected chi connectivity index (χ0v) is 23.0. The number of nitrogens with one attached hydrogen (secondary N) is 1. The lowest BCUT2D eigenvalue weighted by Gasteiger charge is -2.32. The van der Waals surface area contributed by atoms with Gasteiger partial charge in [0.05, 0.1) is 10.6 Å². The largest absolute Gasteiger partial charge is 0.352 e. The van der Waals surface area contributed by atoms with Crippen molar-refractivity contribution in [3.63, 3.8) is 0 Å². The lowest BCUT2D eigenvalue weighted by Crippen LogP contribution is -2.52. The topological polar surface area (TPSA) is 86.8 Å². The van der Waals surface area contributed by atoms with E-state index in [-0.39, 0.29) is 29.1 Å². The van der Waals surface area contributed by atoms with E-state index in [1.807, 2.05) is 51.1 Å². The zero-order valence-electron chi connectivity index (χ0n) is 21.4. The smallest absolute Gasteiger partial charge is 0.264 e. The molecule has 0 aliphatic rings. The lowest BCUT2D eigenvalue weighted by atomic mass is 10.1. The maximum atomic E-state index is 13.8. The van der Waals surface area contributed by atoms with Crippen molar-refractivity contribution in [1.82, 2.24) is 10.2 Å². The maximum Gasteiger partial charge on any atom is 0.264 e. The number of carbonyl (C=O) groups excluding carboxylic acids is 2. The van der Waals surface area contributed by atoms with Gasteiger partial charge in [-0.25, -0.2) is 8.42 Å². The zero-order chi connectivity index (χ0) is 27.2. The summed E-state index contributed by atoms with van der Waals surface area (Å²) in [6.07, 6.45) is 0.